The van der Waals surface area contributed by atoms with E-state index in [0.717, 1.165) is 10.2 Å². The first-order chi connectivity index (χ1) is 12.1. The predicted molar refractivity (Wildman–Crippen MR) is 93.8 cm³/mol. The van der Waals surface area contributed by atoms with Crippen LogP contribution in [0.15, 0.2) is 42.5 Å². The zero-order valence-corrected chi connectivity index (χ0v) is 13.3. The van der Waals surface area contributed by atoms with E-state index in [-0.39, 0.29) is 16.8 Å². The van der Waals surface area contributed by atoms with Crippen LogP contribution in [-0.4, -0.2) is 15.8 Å². The molecule has 0 saturated carbocycles. The lowest BCUT2D eigenvalue weighted by Crippen LogP contribution is -2.05. The summed E-state index contributed by atoms with van der Waals surface area (Å²) in [5.41, 5.74) is 1.59. The highest BCUT2D eigenvalue weighted by Gasteiger charge is 2.31. The Morgan fingerprint density at radius 2 is 2.08 bits per heavy atom. The number of nitro benzene ring substituents is 1. The third kappa shape index (κ3) is 2.34. The van der Waals surface area contributed by atoms with E-state index in [1.807, 2.05) is 30.3 Å². The van der Waals surface area contributed by atoms with Crippen molar-refractivity contribution in [2.24, 2.45) is 0 Å². The minimum absolute atomic E-state index is 0.109. The zero-order chi connectivity index (χ0) is 17.6. The molecular formula is C17H8N4O3S. The van der Waals surface area contributed by atoms with Crippen molar-refractivity contribution >= 4 is 50.0 Å². The number of nitriles is 1. The van der Waals surface area contributed by atoms with Gasteiger partial charge in [-0.1, -0.05) is 12.1 Å². The second-order valence-corrected chi connectivity index (χ2v) is 6.32. The largest absolute Gasteiger partial charge is 0.321 e. The summed E-state index contributed by atoms with van der Waals surface area (Å²) >= 11 is 1.30. The molecule has 0 saturated heterocycles. The summed E-state index contributed by atoms with van der Waals surface area (Å²) < 4.78 is 0.892. The lowest BCUT2D eigenvalue weighted by atomic mass is 10.0. The lowest BCUT2D eigenvalue weighted by Gasteiger charge is -2.00. The lowest BCUT2D eigenvalue weighted by molar-refractivity contribution is -0.384. The van der Waals surface area contributed by atoms with E-state index in [1.165, 1.54) is 29.5 Å². The number of anilines is 1. The Hall–Kier alpha value is -3.57. The monoisotopic (exact) mass is 348 g/mol. The van der Waals surface area contributed by atoms with Crippen molar-refractivity contribution in [3.8, 4) is 6.07 Å². The average molecular weight is 348 g/mol. The number of hydrogen-bond acceptors (Lipinski definition) is 6. The molecule has 8 heteroatoms. The topological polar surface area (TPSA) is 109 Å². The highest BCUT2D eigenvalue weighted by molar-refractivity contribution is 7.19. The number of aromatic nitrogens is 1. The first-order valence-electron chi connectivity index (χ1n) is 7.19. The van der Waals surface area contributed by atoms with Crippen molar-refractivity contribution in [1.82, 2.24) is 4.98 Å². The molecular weight excluding hydrogens is 340 g/mol. The molecule has 120 valence electrons. The van der Waals surface area contributed by atoms with Crippen LogP contribution in [0.5, 0.6) is 0 Å². The molecule has 2 aromatic carbocycles. The van der Waals surface area contributed by atoms with Gasteiger partial charge in [0.05, 0.1) is 20.7 Å². The Balaban J connectivity index is 1.97. The number of fused-ring (bicyclic) bond motifs is 2. The van der Waals surface area contributed by atoms with Crippen LogP contribution >= 0.6 is 11.3 Å². The predicted octanol–water partition coefficient (Wildman–Crippen LogP) is 3.59. The van der Waals surface area contributed by atoms with Crippen LogP contribution in [0.1, 0.15) is 10.6 Å². The molecule has 1 aromatic heterocycles. The van der Waals surface area contributed by atoms with Gasteiger partial charge in [0.25, 0.3) is 11.6 Å². The number of benzene rings is 2. The molecule has 0 fully saturated rings. The van der Waals surface area contributed by atoms with Gasteiger partial charge < -0.3 is 5.32 Å². The van der Waals surface area contributed by atoms with E-state index in [9.17, 15) is 20.2 Å². The normalized spacial score (nSPS) is 14.8. The van der Waals surface area contributed by atoms with E-state index in [1.54, 1.807) is 0 Å². The van der Waals surface area contributed by atoms with Gasteiger partial charge in [0.2, 0.25) is 0 Å². The third-order valence-corrected chi connectivity index (χ3v) is 4.88. The minimum atomic E-state index is -0.537. The Bertz CT molecular complexity index is 1110. The fourth-order valence-corrected chi connectivity index (χ4v) is 3.67. The smallest absolute Gasteiger partial charge is 0.270 e. The number of rotatable bonds is 2. The first-order valence-corrected chi connectivity index (χ1v) is 8.00. The van der Waals surface area contributed by atoms with Crippen LogP contribution in [0.4, 0.5) is 11.4 Å². The van der Waals surface area contributed by atoms with Crippen LogP contribution in [0.25, 0.3) is 21.4 Å². The molecule has 0 aliphatic carbocycles. The Morgan fingerprint density at radius 3 is 2.80 bits per heavy atom. The molecule has 1 N–H and O–H groups in total. The summed E-state index contributed by atoms with van der Waals surface area (Å²) in [5.74, 6) is -0.466. The van der Waals surface area contributed by atoms with Crippen LogP contribution in [0.3, 0.4) is 0 Å². The van der Waals surface area contributed by atoms with Gasteiger partial charge in [-0.2, -0.15) is 5.26 Å². The molecule has 1 amide bonds. The van der Waals surface area contributed by atoms with Crippen molar-refractivity contribution in [3.63, 3.8) is 0 Å². The number of nitrogens with one attached hydrogen (secondary N) is 1. The van der Waals surface area contributed by atoms with Gasteiger partial charge in [0.1, 0.15) is 16.6 Å². The molecule has 7 nitrogen and oxygen atoms in total. The zero-order valence-electron chi connectivity index (χ0n) is 12.5. The number of thiazole rings is 1. The van der Waals surface area contributed by atoms with E-state index in [2.05, 4.69) is 10.3 Å². The highest BCUT2D eigenvalue weighted by Crippen LogP contribution is 2.40. The van der Waals surface area contributed by atoms with E-state index < -0.39 is 10.8 Å². The molecule has 4 rings (SSSR count). The van der Waals surface area contributed by atoms with Gasteiger partial charge in [0, 0.05) is 23.4 Å². The number of para-hydroxylation sites is 1. The fraction of sp³-hybridized carbons (Fsp3) is 0. The van der Waals surface area contributed by atoms with Gasteiger partial charge in [-0.05, 0) is 18.2 Å². The van der Waals surface area contributed by atoms with Crippen LogP contribution in [0, 0.1) is 21.4 Å². The number of nitrogens with zero attached hydrogens (tertiary/aromatic N) is 3. The van der Waals surface area contributed by atoms with Gasteiger partial charge >= 0.3 is 0 Å². The van der Waals surface area contributed by atoms with Gasteiger partial charge in [0.15, 0.2) is 0 Å². The number of amides is 1. The number of carbonyl (C=O) groups is 1. The van der Waals surface area contributed by atoms with E-state index >= 15 is 0 Å². The SMILES string of the molecule is N#C/C(=C1/C(=O)Nc2ccc([N+](=O)[O-])cc21)c1nc2ccccc2s1. The number of allylic oxidation sites excluding steroid dienone is 1. The first kappa shape index (κ1) is 15.0. The van der Waals surface area contributed by atoms with Crippen molar-refractivity contribution in [2.45, 2.75) is 0 Å². The summed E-state index contributed by atoms with van der Waals surface area (Å²) in [7, 11) is 0. The third-order valence-electron chi connectivity index (χ3n) is 3.83. The fourth-order valence-electron chi connectivity index (χ4n) is 2.71. The molecule has 0 radical (unpaired) electrons. The van der Waals surface area contributed by atoms with Crippen molar-refractivity contribution in [1.29, 1.82) is 5.26 Å². The minimum Gasteiger partial charge on any atom is -0.321 e. The van der Waals surface area contributed by atoms with Crippen molar-refractivity contribution in [3.05, 3.63) is 63.1 Å². The second kappa shape index (κ2) is 5.51. The summed E-state index contributed by atoms with van der Waals surface area (Å²) in [4.78, 5) is 27.3. The number of non-ortho nitro benzene ring substituents is 1. The summed E-state index contributed by atoms with van der Waals surface area (Å²) in [6.45, 7) is 0. The Morgan fingerprint density at radius 1 is 1.28 bits per heavy atom. The summed E-state index contributed by atoms with van der Waals surface area (Å²) in [6, 6.07) is 13.5. The summed E-state index contributed by atoms with van der Waals surface area (Å²) in [6.07, 6.45) is 0. The summed E-state index contributed by atoms with van der Waals surface area (Å²) in [5, 5.41) is 23.7. The quantitative estimate of drug-likeness (QED) is 0.329. The highest BCUT2D eigenvalue weighted by atomic mass is 32.1. The molecule has 3 aromatic rings. The van der Waals surface area contributed by atoms with E-state index in [4.69, 9.17) is 0 Å². The number of nitro groups is 1. The Labute approximate surface area is 145 Å². The van der Waals surface area contributed by atoms with Gasteiger partial charge in [-0.3, -0.25) is 14.9 Å². The van der Waals surface area contributed by atoms with Gasteiger partial charge in [-0.15, -0.1) is 11.3 Å². The van der Waals surface area contributed by atoms with Crippen LogP contribution in [-0.2, 0) is 4.79 Å². The van der Waals surface area contributed by atoms with Crippen LogP contribution < -0.4 is 5.32 Å². The van der Waals surface area contributed by atoms with E-state index in [0.29, 0.717) is 16.3 Å². The standard InChI is InChI=1S/C17H8N4O3S/c18-8-11(17-20-13-3-1-2-4-14(13)25-17)15-10-7-9(21(23)24)5-6-12(10)19-16(15)22/h1-7H,(H,19,22)/b15-11-. The van der Waals surface area contributed by atoms with Crippen LogP contribution in [0.2, 0.25) is 0 Å². The molecule has 25 heavy (non-hydrogen) atoms. The Kier molecular flexibility index (Phi) is 3.30. The molecule has 1 aliphatic rings. The van der Waals surface area contributed by atoms with Crippen molar-refractivity contribution < 1.29 is 9.72 Å². The number of carbonyl (C=O) groups excluding carboxylic acids is 1. The maximum atomic E-state index is 12.4. The molecule has 0 unspecified atom stereocenters. The average Bonchev–Trinajstić information content (AvgIpc) is 3.16. The molecule has 0 spiro atoms. The maximum absolute atomic E-state index is 12.4. The molecule has 0 bridgehead atoms. The second-order valence-electron chi connectivity index (χ2n) is 5.29. The van der Waals surface area contributed by atoms with Gasteiger partial charge in [-0.25, -0.2) is 4.98 Å². The van der Waals surface area contributed by atoms with Crippen molar-refractivity contribution in [2.75, 3.05) is 5.32 Å². The molecule has 2 heterocycles. The maximum Gasteiger partial charge on any atom is 0.270 e. The molecule has 0 atom stereocenters. The molecule has 1 aliphatic heterocycles. The number of hydrogen-bond donors (Lipinski definition) is 1.